The van der Waals surface area contributed by atoms with Crippen molar-refractivity contribution in [3.63, 3.8) is 0 Å². The van der Waals surface area contributed by atoms with Crippen LogP contribution in [0, 0.1) is 25.4 Å². The van der Waals surface area contributed by atoms with E-state index in [-0.39, 0.29) is 36.4 Å². The van der Waals surface area contributed by atoms with Crippen LogP contribution in [-0.4, -0.2) is 15.0 Å². The lowest BCUT2D eigenvalue weighted by Gasteiger charge is -2.13. The standard InChI is InChI=1S/C18H8Cl4N6O6/c19-9-3-1-7(5-11(9)21)23-13-16(26(29)30)14(24-8-2-4-10(20)12(22)6-8)18-15(17(13)27(31)32)25-34-28(18)33/h1-6,23-24H. The first-order valence-corrected chi connectivity index (χ1v) is 10.4. The maximum Gasteiger partial charge on any atom is 0.357 e. The minimum absolute atomic E-state index is 0.0889. The van der Waals surface area contributed by atoms with E-state index in [1.807, 2.05) is 0 Å². The van der Waals surface area contributed by atoms with Crippen molar-refractivity contribution in [3.8, 4) is 0 Å². The molecular formula is C18H8Cl4N6O6. The molecule has 0 saturated carbocycles. The summed E-state index contributed by atoms with van der Waals surface area (Å²) in [5, 5.41) is 45.8. The van der Waals surface area contributed by atoms with E-state index in [4.69, 9.17) is 46.4 Å². The Labute approximate surface area is 208 Å². The number of rotatable bonds is 6. The summed E-state index contributed by atoms with van der Waals surface area (Å²) in [5.74, 6) is 0. The summed E-state index contributed by atoms with van der Waals surface area (Å²) in [6.45, 7) is 0. The molecule has 174 valence electrons. The van der Waals surface area contributed by atoms with Gasteiger partial charge in [0.1, 0.15) is 0 Å². The maximum absolute atomic E-state index is 12.3. The van der Waals surface area contributed by atoms with Crippen LogP contribution in [0.5, 0.6) is 0 Å². The average Bonchev–Trinajstić information content (AvgIpc) is 3.14. The number of nitrogens with zero attached hydrogens (tertiary/aromatic N) is 4. The maximum atomic E-state index is 12.3. The summed E-state index contributed by atoms with van der Waals surface area (Å²) in [4.78, 5) is 22.1. The summed E-state index contributed by atoms with van der Waals surface area (Å²) in [7, 11) is 0. The lowest BCUT2D eigenvalue weighted by Crippen LogP contribution is -2.24. The highest BCUT2D eigenvalue weighted by Crippen LogP contribution is 2.48. The van der Waals surface area contributed by atoms with Crippen LogP contribution in [-0.2, 0) is 0 Å². The fraction of sp³-hybridized carbons (Fsp3) is 0. The molecule has 0 spiro atoms. The number of nitro benzene ring substituents is 2. The van der Waals surface area contributed by atoms with Gasteiger partial charge in [-0.25, -0.2) is 0 Å². The van der Waals surface area contributed by atoms with E-state index in [1.165, 1.54) is 36.4 Å². The van der Waals surface area contributed by atoms with E-state index in [2.05, 4.69) is 20.4 Å². The predicted molar refractivity (Wildman–Crippen MR) is 126 cm³/mol. The van der Waals surface area contributed by atoms with E-state index >= 15 is 0 Å². The molecule has 16 heteroatoms. The number of aromatic nitrogens is 2. The van der Waals surface area contributed by atoms with Crippen molar-refractivity contribution in [2.24, 2.45) is 0 Å². The molecule has 0 aliphatic rings. The number of hydrogen-bond donors (Lipinski definition) is 2. The third-order valence-corrected chi connectivity index (χ3v) is 6.01. The molecule has 4 rings (SSSR count). The van der Waals surface area contributed by atoms with E-state index in [0.29, 0.717) is 0 Å². The average molecular weight is 546 g/mol. The van der Waals surface area contributed by atoms with Crippen LogP contribution in [0.3, 0.4) is 0 Å². The first-order valence-electron chi connectivity index (χ1n) is 8.90. The smallest absolute Gasteiger partial charge is 0.357 e. The number of nitrogens with one attached hydrogen (secondary N) is 2. The highest BCUT2D eigenvalue weighted by molar-refractivity contribution is 6.42. The summed E-state index contributed by atoms with van der Waals surface area (Å²) in [5.41, 5.74) is -3.54. The molecule has 0 bridgehead atoms. The van der Waals surface area contributed by atoms with E-state index < -0.39 is 43.6 Å². The Morgan fingerprint density at radius 1 is 0.794 bits per heavy atom. The second-order valence-electron chi connectivity index (χ2n) is 6.60. The molecule has 0 atom stereocenters. The van der Waals surface area contributed by atoms with Crippen molar-refractivity contribution in [1.82, 2.24) is 5.16 Å². The van der Waals surface area contributed by atoms with E-state index in [9.17, 15) is 25.4 Å². The van der Waals surface area contributed by atoms with Gasteiger partial charge in [0.15, 0.2) is 5.69 Å². The Hall–Kier alpha value is -3.58. The van der Waals surface area contributed by atoms with E-state index in [1.54, 1.807) is 0 Å². The van der Waals surface area contributed by atoms with Crippen LogP contribution in [0.2, 0.25) is 20.1 Å². The van der Waals surface area contributed by atoms with Crippen LogP contribution in [0.4, 0.5) is 34.1 Å². The Morgan fingerprint density at radius 3 is 1.76 bits per heavy atom. The molecule has 0 amide bonds. The fourth-order valence-corrected chi connectivity index (χ4v) is 3.71. The largest absolute Gasteiger partial charge is 0.359 e. The third kappa shape index (κ3) is 4.19. The first-order chi connectivity index (χ1) is 16.1. The minimum atomic E-state index is -0.930. The number of nitro groups is 2. The highest BCUT2D eigenvalue weighted by Gasteiger charge is 2.41. The summed E-state index contributed by atoms with van der Waals surface area (Å²) in [6.07, 6.45) is 0. The second kappa shape index (κ2) is 8.99. The van der Waals surface area contributed by atoms with E-state index in [0.717, 1.165) is 0 Å². The van der Waals surface area contributed by atoms with Gasteiger partial charge in [-0.15, -0.1) is 0 Å². The van der Waals surface area contributed by atoms with Crippen LogP contribution >= 0.6 is 46.4 Å². The third-order valence-electron chi connectivity index (χ3n) is 4.53. The number of anilines is 4. The van der Waals surface area contributed by atoms with Gasteiger partial charge in [-0.05, 0) is 41.3 Å². The quantitative estimate of drug-likeness (QED) is 0.159. The van der Waals surface area contributed by atoms with Gasteiger partial charge < -0.3 is 15.8 Å². The Kier molecular flexibility index (Phi) is 6.23. The first kappa shape index (κ1) is 23.6. The van der Waals surface area contributed by atoms with Crippen molar-refractivity contribution >= 4 is 91.6 Å². The second-order valence-corrected chi connectivity index (χ2v) is 8.23. The van der Waals surface area contributed by atoms with Gasteiger partial charge in [0.05, 0.1) is 35.1 Å². The highest BCUT2D eigenvalue weighted by atomic mass is 35.5. The molecule has 12 nitrogen and oxygen atoms in total. The Morgan fingerprint density at radius 2 is 1.29 bits per heavy atom. The van der Waals surface area contributed by atoms with Gasteiger partial charge in [0.25, 0.3) is 5.52 Å². The zero-order chi connectivity index (χ0) is 24.7. The molecule has 1 heterocycles. The molecule has 3 aromatic carbocycles. The van der Waals surface area contributed by atoms with Crippen molar-refractivity contribution in [2.75, 3.05) is 10.6 Å². The molecule has 0 saturated heterocycles. The lowest BCUT2D eigenvalue weighted by molar-refractivity contribution is -0.782. The zero-order valence-corrected chi connectivity index (χ0v) is 19.2. The molecule has 1 aromatic heterocycles. The van der Waals surface area contributed by atoms with Gasteiger partial charge in [-0.3, -0.25) is 24.9 Å². The number of fused-ring (bicyclic) bond motifs is 1. The normalized spacial score (nSPS) is 10.9. The molecule has 0 radical (unpaired) electrons. The van der Waals surface area contributed by atoms with Crippen molar-refractivity contribution < 1.29 is 19.4 Å². The molecule has 34 heavy (non-hydrogen) atoms. The molecule has 0 aliphatic carbocycles. The van der Waals surface area contributed by atoms with Crippen molar-refractivity contribution in [2.45, 2.75) is 0 Å². The number of hydrogen-bond acceptors (Lipinski definition) is 9. The fourth-order valence-electron chi connectivity index (χ4n) is 3.11. The van der Waals surface area contributed by atoms with Crippen LogP contribution < -0.4 is 15.5 Å². The van der Waals surface area contributed by atoms with Gasteiger partial charge in [-0.2, -0.15) is 0 Å². The predicted octanol–water partition coefficient (Wildman–Crippen LogP) is 6.38. The van der Waals surface area contributed by atoms with Crippen molar-refractivity contribution in [1.29, 1.82) is 0 Å². The van der Waals surface area contributed by atoms with Gasteiger partial charge >= 0.3 is 16.9 Å². The Balaban J connectivity index is 2.04. The number of benzene rings is 3. The molecular weight excluding hydrogens is 538 g/mol. The van der Waals surface area contributed by atoms with Crippen LogP contribution in [0.15, 0.2) is 41.0 Å². The van der Waals surface area contributed by atoms with Crippen molar-refractivity contribution in [3.05, 3.63) is 81.9 Å². The summed E-state index contributed by atoms with van der Waals surface area (Å²) < 4.78 is 4.53. The molecule has 4 aromatic rings. The molecule has 2 N–H and O–H groups in total. The lowest BCUT2D eigenvalue weighted by atomic mass is 10.1. The Bertz CT molecular complexity index is 1490. The van der Waals surface area contributed by atoms with Crippen LogP contribution in [0.1, 0.15) is 0 Å². The zero-order valence-electron chi connectivity index (χ0n) is 16.2. The molecule has 0 unspecified atom stereocenters. The SMILES string of the molecule is O=[N+]([O-])c1c(Nc2ccc(Cl)c(Cl)c2)c([N+](=O)[O-])c2no[n+]([O-])c2c1Nc1ccc(Cl)c(Cl)c1. The summed E-state index contributed by atoms with van der Waals surface area (Å²) in [6, 6.07) is 8.28. The summed E-state index contributed by atoms with van der Waals surface area (Å²) >= 11 is 23.8. The topological polar surface area (TPSA) is 163 Å². The van der Waals surface area contributed by atoms with Crippen LogP contribution in [0.25, 0.3) is 11.0 Å². The molecule has 0 fully saturated rings. The molecule has 0 aliphatic heterocycles. The minimum Gasteiger partial charge on any atom is -0.359 e. The van der Waals surface area contributed by atoms with Gasteiger partial charge in [0, 0.05) is 11.4 Å². The van der Waals surface area contributed by atoms with Gasteiger partial charge in [0.2, 0.25) is 5.69 Å². The van der Waals surface area contributed by atoms with Gasteiger partial charge in [-0.1, -0.05) is 46.4 Å². The number of halogens is 4. The monoisotopic (exact) mass is 544 g/mol.